The molecular weight excluding hydrogens is 386 g/mol. The third-order valence-electron chi connectivity index (χ3n) is 5.86. The lowest BCUT2D eigenvalue weighted by atomic mass is 9.95. The number of fused-ring (bicyclic) bond motifs is 1. The van der Waals surface area contributed by atoms with E-state index in [0.29, 0.717) is 0 Å². The standard InChI is InChI=1S/C25H23N5O/c31-25(27-23-7-3-5-18-4-1-2-6-21(18)23)20-12-16-30(17-13-20)24-9-8-22(28-29-24)19-10-14-26-15-11-19/h1-11,14-15,20H,12-13,16-17H2,(H,27,31). The molecule has 1 saturated heterocycles. The smallest absolute Gasteiger partial charge is 0.227 e. The summed E-state index contributed by atoms with van der Waals surface area (Å²) in [6.45, 7) is 1.58. The Morgan fingerprint density at radius 2 is 1.65 bits per heavy atom. The van der Waals surface area contributed by atoms with E-state index in [2.05, 4.69) is 37.5 Å². The van der Waals surface area contributed by atoms with E-state index in [4.69, 9.17) is 0 Å². The van der Waals surface area contributed by atoms with E-state index in [1.54, 1.807) is 12.4 Å². The van der Waals surface area contributed by atoms with Crippen LogP contribution in [0.2, 0.25) is 0 Å². The molecule has 2 aromatic carbocycles. The van der Waals surface area contributed by atoms with E-state index in [9.17, 15) is 4.79 Å². The Kier molecular flexibility index (Phi) is 5.27. The fourth-order valence-corrected chi connectivity index (χ4v) is 4.11. The van der Waals surface area contributed by atoms with Gasteiger partial charge in [0.1, 0.15) is 0 Å². The summed E-state index contributed by atoms with van der Waals surface area (Å²) < 4.78 is 0. The number of aromatic nitrogens is 3. The number of nitrogens with zero attached hydrogens (tertiary/aromatic N) is 4. The van der Waals surface area contributed by atoms with E-state index in [-0.39, 0.29) is 11.8 Å². The molecule has 1 amide bonds. The molecule has 1 aliphatic rings. The number of pyridine rings is 1. The molecule has 154 valence electrons. The molecule has 31 heavy (non-hydrogen) atoms. The first kappa shape index (κ1) is 19.2. The van der Waals surface area contributed by atoms with Gasteiger partial charge in [0.15, 0.2) is 5.82 Å². The summed E-state index contributed by atoms with van der Waals surface area (Å²) >= 11 is 0. The predicted octanol–water partition coefficient (Wildman–Crippen LogP) is 4.55. The van der Waals surface area contributed by atoms with Crippen molar-refractivity contribution in [1.82, 2.24) is 15.2 Å². The lowest BCUT2D eigenvalue weighted by Crippen LogP contribution is -2.38. The Balaban J connectivity index is 1.21. The van der Waals surface area contributed by atoms with Crippen molar-refractivity contribution < 1.29 is 4.79 Å². The molecule has 1 aliphatic heterocycles. The first-order chi connectivity index (χ1) is 15.3. The highest BCUT2D eigenvalue weighted by Gasteiger charge is 2.26. The molecule has 4 aromatic rings. The molecule has 0 radical (unpaired) electrons. The molecule has 1 N–H and O–H groups in total. The Bertz CT molecular complexity index is 1180. The molecule has 2 aromatic heterocycles. The monoisotopic (exact) mass is 409 g/mol. The molecule has 5 rings (SSSR count). The first-order valence-corrected chi connectivity index (χ1v) is 10.6. The molecule has 1 fully saturated rings. The van der Waals surface area contributed by atoms with Crippen LogP contribution in [0.1, 0.15) is 12.8 Å². The van der Waals surface area contributed by atoms with Gasteiger partial charge < -0.3 is 10.2 Å². The molecule has 0 bridgehead atoms. The van der Waals surface area contributed by atoms with Gasteiger partial charge in [0, 0.05) is 48.0 Å². The van der Waals surface area contributed by atoms with Gasteiger partial charge in [0.05, 0.1) is 5.69 Å². The van der Waals surface area contributed by atoms with Gasteiger partial charge in [0.25, 0.3) is 0 Å². The SMILES string of the molecule is O=C(Nc1cccc2ccccc12)C1CCN(c2ccc(-c3ccncc3)nn2)CC1. The van der Waals surface area contributed by atoms with Crippen LogP contribution in [0.15, 0.2) is 79.1 Å². The molecule has 3 heterocycles. The van der Waals surface area contributed by atoms with Gasteiger partial charge in [-0.05, 0) is 48.6 Å². The number of piperidine rings is 1. The van der Waals surface area contributed by atoms with Crippen molar-refractivity contribution in [2.24, 2.45) is 5.92 Å². The summed E-state index contributed by atoms with van der Waals surface area (Å²) in [6.07, 6.45) is 5.09. The Morgan fingerprint density at radius 3 is 2.42 bits per heavy atom. The quantitative estimate of drug-likeness (QED) is 0.536. The van der Waals surface area contributed by atoms with Gasteiger partial charge in [-0.3, -0.25) is 9.78 Å². The minimum Gasteiger partial charge on any atom is -0.355 e. The Labute approximate surface area is 181 Å². The predicted molar refractivity (Wildman–Crippen MR) is 123 cm³/mol. The highest BCUT2D eigenvalue weighted by atomic mass is 16.1. The average Bonchev–Trinajstić information content (AvgIpc) is 2.85. The number of anilines is 2. The molecule has 0 atom stereocenters. The molecule has 6 heteroatoms. The fraction of sp³-hybridized carbons (Fsp3) is 0.200. The van der Waals surface area contributed by atoms with Crippen LogP contribution in [0.5, 0.6) is 0 Å². The summed E-state index contributed by atoms with van der Waals surface area (Å²) in [5, 5.41) is 14.1. The maximum absolute atomic E-state index is 12.9. The number of amides is 1. The van der Waals surface area contributed by atoms with Crippen LogP contribution < -0.4 is 10.2 Å². The number of carbonyl (C=O) groups is 1. The number of hydrogen-bond acceptors (Lipinski definition) is 5. The largest absolute Gasteiger partial charge is 0.355 e. The van der Waals surface area contributed by atoms with E-state index in [1.807, 2.05) is 54.6 Å². The van der Waals surface area contributed by atoms with Crippen molar-refractivity contribution in [2.45, 2.75) is 12.8 Å². The van der Waals surface area contributed by atoms with Gasteiger partial charge in [-0.15, -0.1) is 10.2 Å². The van der Waals surface area contributed by atoms with Crippen LogP contribution in [-0.4, -0.2) is 34.2 Å². The van der Waals surface area contributed by atoms with Crippen molar-refractivity contribution in [3.8, 4) is 11.3 Å². The maximum Gasteiger partial charge on any atom is 0.227 e. The number of hydrogen-bond donors (Lipinski definition) is 1. The van der Waals surface area contributed by atoms with Crippen LogP contribution in [0.25, 0.3) is 22.0 Å². The number of rotatable bonds is 4. The highest BCUT2D eigenvalue weighted by molar-refractivity contribution is 6.02. The van der Waals surface area contributed by atoms with Crippen LogP contribution >= 0.6 is 0 Å². The fourth-order valence-electron chi connectivity index (χ4n) is 4.11. The highest BCUT2D eigenvalue weighted by Crippen LogP contribution is 2.27. The average molecular weight is 409 g/mol. The minimum atomic E-state index is -0.000676. The van der Waals surface area contributed by atoms with Gasteiger partial charge in [-0.2, -0.15) is 0 Å². The maximum atomic E-state index is 12.9. The van der Waals surface area contributed by atoms with Crippen molar-refractivity contribution >= 4 is 28.2 Å². The lowest BCUT2D eigenvalue weighted by Gasteiger charge is -2.31. The number of nitrogens with one attached hydrogen (secondary N) is 1. The third-order valence-corrected chi connectivity index (χ3v) is 5.86. The van der Waals surface area contributed by atoms with Crippen LogP contribution in [-0.2, 0) is 4.79 Å². The summed E-state index contributed by atoms with van der Waals surface area (Å²) in [6, 6.07) is 21.9. The zero-order valence-electron chi connectivity index (χ0n) is 17.1. The summed E-state index contributed by atoms with van der Waals surface area (Å²) in [5.74, 6) is 0.945. The zero-order chi connectivity index (χ0) is 21.0. The topological polar surface area (TPSA) is 71.0 Å². The van der Waals surface area contributed by atoms with Crippen LogP contribution in [0.3, 0.4) is 0 Å². The molecule has 0 saturated carbocycles. The van der Waals surface area contributed by atoms with Crippen LogP contribution in [0, 0.1) is 5.92 Å². The summed E-state index contributed by atoms with van der Waals surface area (Å²) in [4.78, 5) is 19.1. The number of carbonyl (C=O) groups excluding carboxylic acids is 1. The summed E-state index contributed by atoms with van der Waals surface area (Å²) in [5.41, 5.74) is 2.71. The zero-order valence-corrected chi connectivity index (χ0v) is 17.1. The van der Waals surface area contributed by atoms with E-state index < -0.39 is 0 Å². The second kappa shape index (κ2) is 8.52. The van der Waals surface area contributed by atoms with Gasteiger partial charge >= 0.3 is 0 Å². The first-order valence-electron chi connectivity index (χ1n) is 10.6. The van der Waals surface area contributed by atoms with Gasteiger partial charge in [-0.1, -0.05) is 36.4 Å². The van der Waals surface area contributed by atoms with Crippen molar-refractivity contribution in [1.29, 1.82) is 0 Å². The van der Waals surface area contributed by atoms with Crippen molar-refractivity contribution in [3.05, 3.63) is 79.1 Å². The molecule has 0 spiro atoms. The van der Waals surface area contributed by atoms with E-state index >= 15 is 0 Å². The normalized spacial score (nSPS) is 14.5. The van der Waals surface area contributed by atoms with E-state index in [0.717, 1.165) is 59.5 Å². The van der Waals surface area contributed by atoms with Crippen molar-refractivity contribution in [3.63, 3.8) is 0 Å². The molecule has 6 nitrogen and oxygen atoms in total. The van der Waals surface area contributed by atoms with E-state index in [1.165, 1.54) is 0 Å². The summed E-state index contributed by atoms with van der Waals surface area (Å²) in [7, 11) is 0. The van der Waals surface area contributed by atoms with Gasteiger partial charge in [0.2, 0.25) is 5.91 Å². The molecular formula is C25H23N5O. The van der Waals surface area contributed by atoms with Gasteiger partial charge in [-0.25, -0.2) is 0 Å². The third kappa shape index (κ3) is 4.10. The Hall–Kier alpha value is -3.80. The molecule has 0 aliphatic carbocycles. The molecule has 0 unspecified atom stereocenters. The minimum absolute atomic E-state index is 0.000676. The lowest BCUT2D eigenvalue weighted by molar-refractivity contribution is -0.120. The second-order valence-electron chi connectivity index (χ2n) is 7.79. The second-order valence-corrected chi connectivity index (χ2v) is 7.79. The van der Waals surface area contributed by atoms with Crippen molar-refractivity contribution in [2.75, 3.05) is 23.3 Å². The number of benzene rings is 2. The van der Waals surface area contributed by atoms with Crippen LogP contribution in [0.4, 0.5) is 11.5 Å². The Morgan fingerprint density at radius 1 is 0.871 bits per heavy atom.